The molecule has 8 nitrogen and oxygen atoms in total. The molecule has 1 amide bonds. The minimum atomic E-state index is -2.92. The number of aromatic nitrogens is 2. The second kappa shape index (κ2) is 7.33. The third kappa shape index (κ3) is 4.73. The fraction of sp³-hybridized carbons (Fsp3) is 0.733. The molecule has 1 saturated heterocycles. The van der Waals surface area contributed by atoms with E-state index in [2.05, 4.69) is 21.6 Å². The number of carbonyl (C=O) groups is 1. The third-order valence-electron chi connectivity index (χ3n) is 4.61. The molecule has 2 aliphatic rings. The highest BCUT2D eigenvalue weighted by atomic mass is 32.2. The number of carbonyl (C=O) groups excluding carboxylic acids is 1. The molecule has 1 aliphatic heterocycles. The molecule has 1 aromatic rings. The van der Waals surface area contributed by atoms with Crippen LogP contribution in [0.4, 0.5) is 0 Å². The molecule has 0 unspecified atom stereocenters. The number of hydrogen-bond donors (Lipinski definition) is 1. The van der Waals surface area contributed by atoms with Crippen molar-refractivity contribution in [1.29, 1.82) is 5.26 Å². The van der Waals surface area contributed by atoms with Crippen LogP contribution in [0.1, 0.15) is 38.0 Å². The van der Waals surface area contributed by atoms with E-state index in [1.807, 2.05) is 0 Å². The molecule has 136 valence electrons. The molecule has 25 heavy (non-hydrogen) atoms. The molecule has 1 aliphatic carbocycles. The number of amides is 1. The smallest absolute Gasteiger partial charge is 0.277 e. The van der Waals surface area contributed by atoms with Crippen molar-refractivity contribution in [2.24, 2.45) is 5.92 Å². The van der Waals surface area contributed by atoms with Crippen LogP contribution in [0.15, 0.2) is 9.64 Å². The monoisotopic (exact) mass is 384 g/mol. The van der Waals surface area contributed by atoms with E-state index in [0.29, 0.717) is 31.6 Å². The summed E-state index contributed by atoms with van der Waals surface area (Å²) in [5.74, 6) is 0.668. The Labute approximate surface area is 150 Å². The van der Waals surface area contributed by atoms with Crippen molar-refractivity contribution < 1.29 is 17.6 Å². The molecule has 0 aromatic carbocycles. The minimum absolute atomic E-state index is 0.0180. The predicted octanol–water partition coefficient (Wildman–Crippen LogP) is 1.09. The van der Waals surface area contributed by atoms with Gasteiger partial charge in [0.2, 0.25) is 11.8 Å². The zero-order valence-corrected chi connectivity index (χ0v) is 15.4. The predicted molar refractivity (Wildman–Crippen MR) is 90.4 cm³/mol. The summed E-state index contributed by atoms with van der Waals surface area (Å²) in [5, 5.41) is 20.2. The summed E-state index contributed by atoms with van der Waals surface area (Å²) in [5.41, 5.74) is -0.731. The Morgan fingerprint density at radius 2 is 2.16 bits per heavy atom. The van der Waals surface area contributed by atoms with Gasteiger partial charge in [-0.25, -0.2) is 8.42 Å². The maximum Gasteiger partial charge on any atom is 0.277 e. The first-order valence-electron chi connectivity index (χ1n) is 8.28. The van der Waals surface area contributed by atoms with Crippen LogP contribution in [-0.4, -0.2) is 47.3 Å². The van der Waals surface area contributed by atoms with Gasteiger partial charge in [-0.1, -0.05) is 11.8 Å². The summed E-state index contributed by atoms with van der Waals surface area (Å²) < 4.78 is 28.4. The van der Waals surface area contributed by atoms with Gasteiger partial charge in [-0.05, 0) is 38.0 Å². The second-order valence-corrected chi connectivity index (χ2v) is 9.83. The van der Waals surface area contributed by atoms with Crippen molar-refractivity contribution >= 4 is 27.5 Å². The largest absolute Gasteiger partial charge is 0.416 e. The number of sulfone groups is 1. The van der Waals surface area contributed by atoms with Crippen molar-refractivity contribution in [1.82, 2.24) is 15.5 Å². The number of rotatable bonds is 6. The zero-order valence-electron chi connectivity index (χ0n) is 13.7. The third-order valence-corrected chi connectivity index (χ3v) is 7.27. The first kappa shape index (κ1) is 18.2. The van der Waals surface area contributed by atoms with Crippen LogP contribution in [0.5, 0.6) is 0 Å². The normalized spacial score (nSPS) is 24.0. The van der Waals surface area contributed by atoms with Gasteiger partial charge in [-0.3, -0.25) is 4.79 Å². The number of nitrogens with zero attached hydrogens (tertiary/aromatic N) is 3. The van der Waals surface area contributed by atoms with E-state index in [-0.39, 0.29) is 34.3 Å². The lowest BCUT2D eigenvalue weighted by molar-refractivity contribution is -0.119. The lowest BCUT2D eigenvalue weighted by atomic mass is 10.0. The molecular weight excluding hydrogens is 364 g/mol. The second-order valence-electron chi connectivity index (χ2n) is 6.67. The summed E-state index contributed by atoms with van der Waals surface area (Å²) in [6.07, 6.45) is 4.34. The number of hydrogen-bond acceptors (Lipinski definition) is 8. The Hall–Kier alpha value is -1.60. The van der Waals surface area contributed by atoms with E-state index in [1.165, 1.54) is 0 Å². The van der Waals surface area contributed by atoms with Crippen LogP contribution in [-0.2, 0) is 21.1 Å². The first-order valence-corrected chi connectivity index (χ1v) is 11.1. The molecule has 2 fully saturated rings. The Morgan fingerprint density at radius 1 is 1.40 bits per heavy atom. The van der Waals surface area contributed by atoms with Gasteiger partial charge < -0.3 is 9.73 Å². The molecule has 0 bridgehead atoms. The Bertz CT molecular complexity index is 778. The highest BCUT2D eigenvalue weighted by Crippen LogP contribution is 2.29. The van der Waals surface area contributed by atoms with Crippen LogP contribution < -0.4 is 5.32 Å². The Morgan fingerprint density at radius 3 is 2.80 bits per heavy atom. The molecule has 2 heterocycles. The van der Waals surface area contributed by atoms with Crippen molar-refractivity contribution in [3.63, 3.8) is 0 Å². The fourth-order valence-electron chi connectivity index (χ4n) is 3.33. The SMILES string of the molecule is N#CC1(NC(=O)CSc2nnc(C[C@H]3CCS(=O)(=O)C3)o2)CCCC1. The number of thioether (sulfide) groups is 1. The maximum absolute atomic E-state index is 12.1. The number of nitrogens with one attached hydrogen (secondary N) is 1. The average Bonchev–Trinajstić information content (AvgIpc) is 3.27. The Kier molecular flexibility index (Phi) is 5.34. The van der Waals surface area contributed by atoms with E-state index >= 15 is 0 Å². The molecule has 1 aromatic heterocycles. The average molecular weight is 384 g/mol. The molecular formula is C15H20N4O4S2. The van der Waals surface area contributed by atoms with Crippen LogP contribution in [0, 0.1) is 17.2 Å². The molecule has 0 spiro atoms. The van der Waals surface area contributed by atoms with Crippen LogP contribution >= 0.6 is 11.8 Å². The molecule has 1 saturated carbocycles. The van der Waals surface area contributed by atoms with E-state index in [4.69, 9.17) is 4.42 Å². The summed E-state index contributed by atoms with van der Waals surface area (Å²) in [7, 11) is -2.92. The van der Waals surface area contributed by atoms with Gasteiger partial charge in [-0.15, -0.1) is 10.2 Å². The van der Waals surface area contributed by atoms with Gasteiger partial charge in [-0.2, -0.15) is 5.26 Å². The van der Waals surface area contributed by atoms with Crippen LogP contribution in [0.3, 0.4) is 0 Å². The van der Waals surface area contributed by atoms with Crippen LogP contribution in [0.2, 0.25) is 0 Å². The lowest BCUT2D eigenvalue weighted by Gasteiger charge is -2.21. The van der Waals surface area contributed by atoms with Crippen molar-refractivity contribution in [2.45, 2.75) is 49.3 Å². The summed E-state index contributed by atoms with van der Waals surface area (Å²) in [6.45, 7) is 0. The molecule has 1 atom stereocenters. The van der Waals surface area contributed by atoms with Crippen LogP contribution in [0.25, 0.3) is 0 Å². The van der Waals surface area contributed by atoms with Crippen molar-refractivity contribution in [2.75, 3.05) is 17.3 Å². The highest BCUT2D eigenvalue weighted by Gasteiger charge is 2.35. The first-order chi connectivity index (χ1) is 11.9. The van der Waals surface area contributed by atoms with E-state index in [1.54, 1.807) is 0 Å². The highest BCUT2D eigenvalue weighted by molar-refractivity contribution is 7.99. The fourth-order valence-corrected chi connectivity index (χ4v) is 5.77. The maximum atomic E-state index is 12.1. The molecule has 3 rings (SSSR count). The van der Waals surface area contributed by atoms with Crippen molar-refractivity contribution in [3.8, 4) is 6.07 Å². The van der Waals surface area contributed by atoms with E-state index < -0.39 is 15.4 Å². The van der Waals surface area contributed by atoms with Gasteiger partial charge in [0.25, 0.3) is 5.22 Å². The molecule has 1 N–H and O–H groups in total. The van der Waals surface area contributed by atoms with Gasteiger partial charge in [0.1, 0.15) is 5.54 Å². The summed E-state index contributed by atoms with van der Waals surface area (Å²) in [4.78, 5) is 12.1. The topological polar surface area (TPSA) is 126 Å². The van der Waals surface area contributed by atoms with Gasteiger partial charge in [0.15, 0.2) is 9.84 Å². The minimum Gasteiger partial charge on any atom is -0.416 e. The standard InChI is InChI=1S/C15H20N4O4S2/c16-10-15(4-1-2-5-15)17-12(20)8-24-14-19-18-13(23-14)7-11-3-6-25(21,22)9-11/h11H,1-9H2,(H,17,20)/t11-/m1/s1. The van der Waals surface area contributed by atoms with Crippen molar-refractivity contribution in [3.05, 3.63) is 5.89 Å². The number of nitriles is 1. The quantitative estimate of drug-likeness (QED) is 0.722. The van der Waals surface area contributed by atoms with Gasteiger partial charge >= 0.3 is 0 Å². The summed E-state index contributed by atoms with van der Waals surface area (Å²) in [6, 6.07) is 2.22. The van der Waals surface area contributed by atoms with Gasteiger partial charge in [0.05, 0.1) is 23.3 Å². The lowest BCUT2D eigenvalue weighted by Crippen LogP contribution is -2.45. The molecule has 0 radical (unpaired) electrons. The summed E-state index contributed by atoms with van der Waals surface area (Å²) >= 11 is 1.12. The zero-order chi connectivity index (χ0) is 17.9. The molecule has 10 heteroatoms. The van der Waals surface area contributed by atoms with E-state index in [0.717, 1.165) is 24.6 Å². The Balaban J connectivity index is 1.47. The van der Waals surface area contributed by atoms with Gasteiger partial charge in [0, 0.05) is 6.42 Å². The van der Waals surface area contributed by atoms with E-state index in [9.17, 15) is 18.5 Å².